The number of aliphatic carboxylic acids is 1. The Hall–Kier alpha value is -2.04. The zero-order chi connectivity index (χ0) is 15.2. The molecule has 20 heavy (non-hydrogen) atoms. The molecule has 0 aromatic heterocycles. The zero-order valence-electron chi connectivity index (χ0n) is 12.1. The van der Waals surface area contributed by atoms with Crippen LogP contribution in [0.25, 0.3) is 0 Å². The van der Waals surface area contributed by atoms with Crippen molar-refractivity contribution in [2.75, 3.05) is 6.61 Å². The molecule has 0 aliphatic rings. The molecular formula is C15H21NO4. The number of carbonyl (C=O) groups is 2. The monoisotopic (exact) mass is 279 g/mol. The van der Waals surface area contributed by atoms with E-state index in [1.165, 1.54) is 0 Å². The number of ether oxygens (including phenoxy) is 1. The van der Waals surface area contributed by atoms with E-state index in [0.717, 1.165) is 6.42 Å². The molecule has 1 aromatic rings. The molecule has 0 unspecified atom stereocenters. The largest absolute Gasteiger partial charge is 0.484 e. The van der Waals surface area contributed by atoms with Crippen LogP contribution in [-0.4, -0.2) is 29.1 Å². The van der Waals surface area contributed by atoms with E-state index >= 15 is 0 Å². The molecule has 0 fully saturated rings. The van der Waals surface area contributed by atoms with Crippen LogP contribution in [-0.2, 0) is 16.0 Å². The maximum Gasteiger partial charge on any atom is 0.307 e. The molecular weight excluding hydrogens is 258 g/mol. The summed E-state index contributed by atoms with van der Waals surface area (Å²) in [4.78, 5) is 22.2. The van der Waals surface area contributed by atoms with Gasteiger partial charge in [0.05, 0.1) is 6.42 Å². The van der Waals surface area contributed by atoms with E-state index in [9.17, 15) is 9.59 Å². The molecule has 0 saturated carbocycles. The maximum atomic E-state index is 11.7. The van der Waals surface area contributed by atoms with E-state index < -0.39 is 5.97 Å². The molecule has 0 radical (unpaired) electrons. The second-order valence-electron chi connectivity index (χ2n) is 5.29. The van der Waals surface area contributed by atoms with Crippen LogP contribution >= 0.6 is 0 Å². The summed E-state index contributed by atoms with van der Waals surface area (Å²) in [6, 6.07) is 6.68. The van der Waals surface area contributed by atoms with Crippen LogP contribution in [0.1, 0.15) is 32.8 Å². The smallest absolute Gasteiger partial charge is 0.307 e. The van der Waals surface area contributed by atoms with E-state index in [1.807, 2.05) is 20.8 Å². The van der Waals surface area contributed by atoms with Crippen LogP contribution in [0.3, 0.4) is 0 Å². The summed E-state index contributed by atoms with van der Waals surface area (Å²) in [7, 11) is 0. The lowest BCUT2D eigenvalue weighted by molar-refractivity contribution is -0.136. The Morgan fingerprint density at radius 2 is 1.85 bits per heavy atom. The van der Waals surface area contributed by atoms with Crippen molar-refractivity contribution in [1.82, 2.24) is 5.32 Å². The van der Waals surface area contributed by atoms with Crippen LogP contribution in [0.4, 0.5) is 0 Å². The summed E-state index contributed by atoms with van der Waals surface area (Å²) in [5.41, 5.74) is 0.451. The average molecular weight is 279 g/mol. The van der Waals surface area contributed by atoms with Crippen molar-refractivity contribution in [3.05, 3.63) is 29.8 Å². The van der Waals surface area contributed by atoms with E-state index in [0.29, 0.717) is 11.3 Å². The van der Waals surface area contributed by atoms with Gasteiger partial charge in [-0.25, -0.2) is 0 Å². The van der Waals surface area contributed by atoms with E-state index in [2.05, 4.69) is 5.32 Å². The second-order valence-corrected chi connectivity index (χ2v) is 5.29. The van der Waals surface area contributed by atoms with Gasteiger partial charge in [-0.3, -0.25) is 9.59 Å². The minimum Gasteiger partial charge on any atom is -0.484 e. The number of amides is 1. The van der Waals surface area contributed by atoms with Crippen molar-refractivity contribution in [3.8, 4) is 5.75 Å². The lowest BCUT2D eigenvalue weighted by Gasteiger charge is -2.24. The number of benzene rings is 1. The normalized spacial score (nSPS) is 10.9. The van der Waals surface area contributed by atoms with Gasteiger partial charge < -0.3 is 15.2 Å². The predicted molar refractivity (Wildman–Crippen MR) is 75.8 cm³/mol. The van der Waals surface area contributed by atoms with Crippen LogP contribution in [0.2, 0.25) is 0 Å². The third-order valence-electron chi connectivity index (χ3n) is 3.01. The van der Waals surface area contributed by atoms with Crippen molar-refractivity contribution in [2.24, 2.45) is 0 Å². The Morgan fingerprint density at radius 1 is 1.25 bits per heavy atom. The molecule has 110 valence electrons. The van der Waals surface area contributed by atoms with Crippen LogP contribution in [0.5, 0.6) is 5.75 Å². The first-order chi connectivity index (χ1) is 9.32. The highest BCUT2D eigenvalue weighted by molar-refractivity contribution is 5.78. The highest BCUT2D eigenvalue weighted by Crippen LogP contribution is 2.13. The van der Waals surface area contributed by atoms with Crippen LogP contribution < -0.4 is 10.1 Å². The SMILES string of the molecule is CCC(C)(C)NC(=O)COc1ccc(CC(=O)O)cc1. The quantitative estimate of drug-likeness (QED) is 0.800. The first kappa shape index (κ1) is 16.0. The average Bonchev–Trinajstić information content (AvgIpc) is 2.37. The number of carboxylic acids is 1. The molecule has 0 aliphatic carbocycles. The Bertz CT molecular complexity index is 465. The topological polar surface area (TPSA) is 75.6 Å². The maximum absolute atomic E-state index is 11.7. The fourth-order valence-electron chi connectivity index (χ4n) is 1.53. The van der Waals surface area contributed by atoms with Gasteiger partial charge in [0, 0.05) is 5.54 Å². The highest BCUT2D eigenvalue weighted by atomic mass is 16.5. The second kappa shape index (κ2) is 6.93. The molecule has 5 nitrogen and oxygen atoms in total. The van der Waals surface area contributed by atoms with Gasteiger partial charge in [-0.15, -0.1) is 0 Å². The summed E-state index contributed by atoms with van der Waals surface area (Å²) >= 11 is 0. The highest BCUT2D eigenvalue weighted by Gasteiger charge is 2.17. The minimum absolute atomic E-state index is 0.0224. The number of carboxylic acid groups (broad SMARTS) is 1. The van der Waals surface area contributed by atoms with Gasteiger partial charge in [-0.2, -0.15) is 0 Å². The van der Waals surface area contributed by atoms with Gasteiger partial charge in [-0.1, -0.05) is 19.1 Å². The summed E-state index contributed by atoms with van der Waals surface area (Å²) < 4.78 is 5.36. The van der Waals surface area contributed by atoms with Crippen molar-refractivity contribution in [3.63, 3.8) is 0 Å². The summed E-state index contributed by atoms with van der Waals surface area (Å²) in [6.45, 7) is 5.85. The Balaban J connectivity index is 2.46. The standard InChI is InChI=1S/C15H21NO4/c1-4-15(2,3)16-13(17)10-20-12-7-5-11(6-8-12)9-14(18)19/h5-8H,4,9-10H2,1-3H3,(H,16,17)(H,18,19). The molecule has 0 atom stereocenters. The van der Waals surface area contributed by atoms with Gasteiger partial charge in [0.2, 0.25) is 0 Å². The summed E-state index contributed by atoms with van der Waals surface area (Å²) in [6.07, 6.45) is 0.814. The first-order valence-corrected chi connectivity index (χ1v) is 6.57. The lowest BCUT2D eigenvalue weighted by Crippen LogP contribution is -2.44. The number of hydrogen-bond acceptors (Lipinski definition) is 3. The van der Waals surface area contributed by atoms with Gasteiger partial charge >= 0.3 is 5.97 Å². The van der Waals surface area contributed by atoms with E-state index in [4.69, 9.17) is 9.84 Å². The molecule has 1 rings (SSSR count). The summed E-state index contributed by atoms with van der Waals surface area (Å²) in [5, 5.41) is 11.5. The molecule has 2 N–H and O–H groups in total. The number of hydrogen-bond donors (Lipinski definition) is 2. The molecule has 5 heteroatoms. The van der Waals surface area contributed by atoms with Gasteiger partial charge in [0.1, 0.15) is 5.75 Å². The molecule has 0 bridgehead atoms. The number of carbonyl (C=O) groups excluding carboxylic acids is 1. The minimum atomic E-state index is -0.875. The number of nitrogens with one attached hydrogen (secondary N) is 1. The Kier molecular flexibility index (Phi) is 5.55. The van der Waals surface area contributed by atoms with Gasteiger partial charge in [0.25, 0.3) is 5.91 Å². The van der Waals surface area contributed by atoms with E-state index in [-0.39, 0.29) is 24.5 Å². The fourth-order valence-corrected chi connectivity index (χ4v) is 1.53. The lowest BCUT2D eigenvalue weighted by atomic mass is 10.0. The van der Waals surface area contributed by atoms with Crippen molar-refractivity contribution < 1.29 is 19.4 Å². The molecule has 0 saturated heterocycles. The molecule has 0 spiro atoms. The predicted octanol–water partition coefficient (Wildman–Crippen LogP) is 2.00. The van der Waals surface area contributed by atoms with E-state index in [1.54, 1.807) is 24.3 Å². The van der Waals surface area contributed by atoms with Crippen LogP contribution in [0, 0.1) is 0 Å². The molecule has 1 amide bonds. The van der Waals surface area contributed by atoms with Crippen LogP contribution in [0.15, 0.2) is 24.3 Å². The third kappa shape index (κ3) is 5.73. The molecule has 0 aliphatic heterocycles. The van der Waals surface area contributed by atoms with Crippen molar-refractivity contribution >= 4 is 11.9 Å². The third-order valence-corrected chi connectivity index (χ3v) is 3.01. The Morgan fingerprint density at radius 3 is 2.35 bits per heavy atom. The molecule has 1 aromatic carbocycles. The zero-order valence-corrected chi connectivity index (χ0v) is 12.1. The van der Waals surface area contributed by atoms with Crippen molar-refractivity contribution in [1.29, 1.82) is 0 Å². The van der Waals surface area contributed by atoms with Crippen molar-refractivity contribution in [2.45, 2.75) is 39.2 Å². The number of rotatable bonds is 7. The van der Waals surface area contributed by atoms with Gasteiger partial charge in [0.15, 0.2) is 6.61 Å². The summed E-state index contributed by atoms with van der Waals surface area (Å²) in [5.74, 6) is -0.505. The molecule has 0 heterocycles. The fraction of sp³-hybridized carbons (Fsp3) is 0.467. The first-order valence-electron chi connectivity index (χ1n) is 6.57. The van der Waals surface area contributed by atoms with Gasteiger partial charge in [-0.05, 0) is 38.0 Å². The Labute approximate surface area is 118 Å².